The molecular formula is C24H30N2O4S. The molecule has 0 saturated heterocycles. The second-order valence-corrected chi connectivity index (χ2v) is 9.44. The van der Waals surface area contributed by atoms with Crippen molar-refractivity contribution in [1.29, 1.82) is 0 Å². The van der Waals surface area contributed by atoms with Crippen molar-refractivity contribution in [3.05, 3.63) is 60.2 Å². The first kappa shape index (κ1) is 23.0. The first-order valence-corrected chi connectivity index (χ1v) is 12.2. The number of rotatable bonds is 9. The van der Waals surface area contributed by atoms with E-state index in [0.29, 0.717) is 24.5 Å². The van der Waals surface area contributed by atoms with Crippen LogP contribution in [0.15, 0.2) is 59.5 Å². The lowest BCUT2D eigenvalue weighted by atomic mass is 10.2. The number of carbonyl (C=O) groups is 1. The number of anilines is 1. The molecule has 1 saturated carbocycles. The van der Waals surface area contributed by atoms with Crippen LogP contribution in [0.1, 0.15) is 45.1 Å². The highest BCUT2D eigenvalue weighted by Gasteiger charge is 2.21. The lowest BCUT2D eigenvalue weighted by molar-refractivity contribution is -0.111. The van der Waals surface area contributed by atoms with Gasteiger partial charge < -0.3 is 10.1 Å². The van der Waals surface area contributed by atoms with E-state index in [1.807, 2.05) is 38.1 Å². The number of hydrogen-bond acceptors (Lipinski definition) is 4. The fourth-order valence-electron chi connectivity index (χ4n) is 3.67. The quantitative estimate of drug-likeness (QED) is 0.572. The minimum absolute atomic E-state index is 0.208. The van der Waals surface area contributed by atoms with Gasteiger partial charge in [-0.25, -0.2) is 8.42 Å². The summed E-state index contributed by atoms with van der Waals surface area (Å²) in [5.74, 6) is 0.407. The zero-order chi connectivity index (χ0) is 22.3. The molecule has 0 heterocycles. The van der Waals surface area contributed by atoms with Gasteiger partial charge in [-0.05, 0) is 61.6 Å². The van der Waals surface area contributed by atoms with Crippen LogP contribution in [0.2, 0.25) is 0 Å². The van der Waals surface area contributed by atoms with Crippen LogP contribution < -0.4 is 10.1 Å². The third-order valence-corrected chi connectivity index (χ3v) is 7.46. The number of nitrogens with one attached hydrogen (secondary N) is 1. The van der Waals surface area contributed by atoms with E-state index in [1.54, 1.807) is 30.3 Å². The summed E-state index contributed by atoms with van der Waals surface area (Å²) in [4.78, 5) is 12.7. The number of ether oxygens (including phenoxy) is 1. The Kier molecular flexibility index (Phi) is 7.87. The predicted octanol–water partition coefficient (Wildman–Crippen LogP) is 4.69. The van der Waals surface area contributed by atoms with Crippen LogP contribution in [-0.2, 0) is 14.8 Å². The van der Waals surface area contributed by atoms with Crippen molar-refractivity contribution in [2.45, 2.75) is 50.5 Å². The number of para-hydroxylation sites is 2. The van der Waals surface area contributed by atoms with E-state index in [9.17, 15) is 13.2 Å². The van der Waals surface area contributed by atoms with Crippen molar-refractivity contribution in [3.8, 4) is 5.75 Å². The van der Waals surface area contributed by atoms with Crippen molar-refractivity contribution in [2.75, 3.05) is 18.4 Å². The van der Waals surface area contributed by atoms with Gasteiger partial charge in [0.15, 0.2) is 0 Å². The minimum Gasteiger partial charge on any atom is -0.488 e. The summed E-state index contributed by atoms with van der Waals surface area (Å²) in [5, 5.41) is 2.87. The first-order valence-electron chi connectivity index (χ1n) is 10.8. The summed E-state index contributed by atoms with van der Waals surface area (Å²) in [6, 6.07) is 14.0. The van der Waals surface area contributed by atoms with Crippen molar-refractivity contribution < 1.29 is 17.9 Å². The van der Waals surface area contributed by atoms with E-state index in [0.717, 1.165) is 18.4 Å². The monoisotopic (exact) mass is 442 g/mol. The molecule has 1 fully saturated rings. The SMILES string of the molecule is CCN(CC)S(=O)(=O)c1ccc(/C=C/C(=O)Nc2ccccc2OC2CCCC2)cc1. The van der Waals surface area contributed by atoms with Crippen LogP contribution >= 0.6 is 0 Å². The maximum Gasteiger partial charge on any atom is 0.248 e. The molecule has 1 amide bonds. The van der Waals surface area contributed by atoms with Crippen LogP contribution in [0.5, 0.6) is 5.75 Å². The molecule has 1 aliphatic carbocycles. The molecule has 1 N–H and O–H groups in total. The molecule has 0 bridgehead atoms. The Morgan fingerprint density at radius 3 is 2.35 bits per heavy atom. The maximum absolute atomic E-state index is 12.6. The topological polar surface area (TPSA) is 75.7 Å². The van der Waals surface area contributed by atoms with Crippen molar-refractivity contribution in [3.63, 3.8) is 0 Å². The Labute approximate surface area is 185 Å². The van der Waals surface area contributed by atoms with Gasteiger partial charge >= 0.3 is 0 Å². The van der Waals surface area contributed by atoms with E-state index in [-0.39, 0.29) is 16.9 Å². The summed E-state index contributed by atoms with van der Waals surface area (Å²) in [6.45, 7) is 4.47. The zero-order valence-electron chi connectivity index (χ0n) is 18.1. The average Bonchev–Trinajstić information content (AvgIpc) is 3.28. The van der Waals surface area contributed by atoms with Crippen LogP contribution in [0, 0.1) is 0 Å². The molecule has 0 radical (unpaired) electrons. The lowest BCUT2D eigenvalue weighted by Crippen LogP contribution is -2.30. The van der Waals surface area contributed by atoms with Gasteiger partial charge in [0.05, 0.1) is 16.7 Å². The van der Waals surface area contributed by atoms with E-state index >= 15 is 0 Å². The minimum atomic E-state index is -3.49. The van der Waals surface area contributed by atoms with Crippen molar-refractivity contribution >= 4 is 27.7 Å². The van der Waals surface area contributed by atoms with Gasteiger partial charge in [0.1, 0.15) is 5.75 Å². The molecule has 2 aromatic rings. The molecule has 31 heavy (non-hydrogen) atoms. The lowest BCUT2D eigenvalue weighted by Gasteiger charge is -2.18. The molecule has 6 nitrogen and oxygen atoms in total. The molecule has 0 unspecified atom stereocenters. The van der Waals surface area contributed by atoms with E-state index in [2.05, 4.69) is 5.32 Å². The zero-order valence-corrected chi connectivity index (χ0v) is 18.9. The number of amides is 1. The second-order valence-electron chi connectivity index (χ2n) is 7.50. The Balaban J connectivity index is 1.64. The fraction of sp³-hybridized carbons (Fsp3) is 0.375. The molecule has 0 atom stereocenters. The van der Waals surface area contributed by atoms with Gasteiger partial charge in [-0.1, -0.05) is 38.1 Å². The maximum atomic E-state index is 12.6. The Morgan fingerprint density at radius 1 is 1.06 bits per heavy atom. The predicted molar refractivity (Wildman–Crippen MR) is 124 cm³/mol. The number of carbonyl (C=O) groups excluding carboxylic acids is 1. The molecule has 0 spiro atoms. The van der Waals surface area contributed by atoms with E-state index in [1.165, 1.54) is 23.2 Å². The average molecular weight is 443 g/mol. The summed E-state index contributed by atoms with van der Waals surface area (Å²) < 4.78 is 32.6. The highest BCUT2D eigenvalue weighted by atomic mass is 32.2. The fourth-order valence-corrected chi connectivity index (χ4v) is 5.13. The second kappa shape index (κ2) is 10.6. The van der Waals surface area contributed by atoms with Gasteiger partial charge in [0, 0.05) is 19.2 Å². The normalized spacial score (nSPS) is 14.9. The number of hydrogen-bond donors (Lipinski definition) is 1. The van der Waals surface area contributed by atoms with Crippen LogP contribution in [-0.4, -0.2) is 37.8 Å². The van der Waals surface area contributed by atoms with Crippen LogP contribution in [0.4, 0.5) is 5.69 Å². The van der Waals surface area contributed by atoms with Gasteiger partial charge in [0.25, 0.3) is 0 Å². The summed E-state index contributed by atoms with van der Waals surface area (Å²) in [5.41, 5.74) is 1.38. The molecule has 3 rings (SSSR count). The molecule has 0 aliphatic heterocycles. The molecule has 0 aromatic heterocycles. The Morgan fingerprint density at radius 2 is 1.71 bits per heavy atom. The molecule has 1 aliphatic rings. The molecular weight excluding hydrogens is 412 g/mol. The van der Waals surface area contributed by atoms with E-state index in [4.69, 9.17) is 4.74 Å². The van der Waals surface area contributed by atoms with Gasteiger partial charge in [-0.2, -0.15) is 4.31 Å². The van der Waals surface area contributed by atoms with Crippen LogP contribution in [0.3, 0.4) is 0 Å². The van der Waals surface area contributed by atoms with Gasteiger partial charge in [0.2, 0.25) is 15.9 Å². The van der Waals surface area contributed by atoms with Crippen molar-refractivity contribution in [2.24, 2.45) is 0 Å². The Bertz CT molecular complexity index is 1010. The molecule has 2 aromatic carbocycles. The smallest absolute Gasteiger partial charge is 0.248 e. The third-order valence-electron chi connectivity index (χ3n) is 5.39. The van der Waals surface area contributed by atoms with Gasteiger partial charge in [-0.3, -0.25) is 4.79 Å². The summed E-state index contributed by atoms with van der Waals surface area (Å²) >= 11 is 0. The van der Waals surface area contributed by atoms with Crippen LogP contribution in [0.25, 0.3) is 6.08 Å². The number of nitrogens with zero attached hydrogens (tertiary/aromatic N) is 1. The molecule has 7 heteroatoms. The third kappa shape index (κ3) is 5.95. The van der Waals surface area contributed by atoms with Gasteiger partial charge in [-0.15, -0.1) is 0 Å². The van der Waals surface area contributed by atoms with E-state index < -0.39 is 10.0 Å². The van der Waals surface area contributed by atoms with Crippen molar-refractivity contribution in [1.82, 2.24) is 4.31 Å². The molecule has 166 valence electrons. The number of benzene rings is 2. The highest BCUT2D eigenvalue weighted by molar-refractivity contribution is 7.89. The standard InChI is InChI=1S/C24H30N2O4S/c1-3-26(4-2)31(28,29)21-16-13-19(14-17-21)15-18-24(27)25-22-11-7-8-12-23(22)30-20-9-5-6-10-20/h7-8,11-18,20H,3-6,9-10H2,1-2H3,(H,25,27)/b18-15+. The Hall–Kier alpha value is -2.64. The number of sulfonamides is 1. The summed E-state index contributed by atoms with van der Waals surface area (Å²) in [7, 11) is -3.49. The summed E-state index contributed by atoms with van der Waals surface area (Å²) in [6.07, 6.45) is 7.74. The largest absolute Gasteiger partial charge is 0.488 e. The first-order chi connectivity index (χ1) is 14.9. The highest BCUT2D eigenvalue weighted by Crippen LogP contribution is 2.29.